The highest BCUT2D eigenvalue weighted by Crippen LogP contribution is 2.29. The van der Waals surface area contributed by atoms with Crippen LogP contribution in [0.15, 0.2) is 35.4 Å². The molecule has 3 aromatic heterocycles. The van der Waals surface area contributed by atoms with E-state index in [4.69, 9.17) is 0 Å². The van der Waals surface area contributed by atoms with Gasteiger partial charge in [-0.25, -0.2) is 9.37 Å². The lowest BCUT2D eigenvalue weighted by Crippen LogP contribution is -2.45. The Kier molecular flexibility index (Phi) is 5.34. The number of benzene rings is 1. The summed E-state index contributed by atoms with van der Waals surface area (Å²) in [5.74, 6) is -0.258. The summed E-state index contributed by atoms with van der Waals surface area (Å²) in [5, 5.41) is 22.6. The van der Waals surface area contributed by atoms with E-state index >= 15 is 0 Å². The predicted molar refractivity (Wildman–Crippen MR) is 121 cm³/mol. The zero-order valence-electron chi connectivity index (χ0n) is 18.6. The number of likely N-dealkylation sites (tertiary alicyclic amines) is 1. The fourth-order valence-electron chi connectivity index (χ4n) is 4.52. The van der Waals surface area contributed by atoms with Gasteiger partial charge in [0.05, 0.1) is 23.3 Å². The third-order valence-corrected chi connectivity index (χ3v) is 6.47. The number of nitrogens with one attached hydrogen (secondary N) is 2. The largest absolute Gasteiger partial charge is 0.389 e. The molecule has 1 fully saturated rings. The summed E-state index contributed by atoms with van der Waals surface area (Å²) in [7, 11) is 1.76. The van der Waals surface area contributed by atoms with Crippen molar-refractivity contribution in [2.45, 2.75) is 38.3 Å². The summed E-state index contributed by atoms with van der Waals surface area (Å²) in [6.45, 7) is 3.67. The van der Waals surface area contributed by atoms with Crippen molar-refractivity contribution in [1.82, 2.24) is 34.8 Å². The fraction of sp³-hybridized carbons (Fsp3) is 0.391. The van der Waals surface area contributed by atoms with Gasteiger partial charge in [0.2, 0.25) is 0 Å². The van der Waals surface area contributed by atoms with E-state index in [0.717, 1.165) is 22.6 Å². The molecular weight excluding hydrogens is 425 g/mol. The number of H-pyrrole nitrogens is 2. The molecule has 1 saturated heterocycles. The minimum atomic E-state index is -0.929. The Balaban J connectivity index is 1.25. The lowest BCUT2D eigenvalue weighted by Gasteiger charge is -2.38. The van der Waals surface area contributed by atoms with E-state index < -0.39 is 5.60 Å². The van der Waals surface area contributed by atoms with Gasteiger partial charge in [-0.1, -0.05) is 12.1 Å². The number of nitrogens with zero attached hydrogens (tertiary/aromatic N) is 5. The first-order chi connectivity index (χ1) is 15.8. The van der Waals surface area contributed by atoms with Crippen LogP contribution in [0.2, 0.25) is 0 Å². The van der Waals surface area contributed by atoms with E-state index in [2.05, 4.69) is 30.2 Å². The van der Waals surface area contributed by atoms with Gasteiger partial charge in [0.1, 0.15) is 11.3 Å². The number of fused-ring (bicyclic) bond motifs is 1. The van der Waals surface area contributed by atoms with E-state index in [-0.39, 0.29) is 16.9 Å². The van der Waals surface area contributed by atoms with Crippen LogP contribution in [0.4, 0.5) is 4.39 Å². The second-order valence-electron chi connectivity index (χ2n) is 8.92. The van der Waals surface area contributed by atoms with Crippen molar-refractivity contribution < 1.29 is 9.50 Å². The van der Waals surface area contributed by atoms with Crippen molar-refractivity contribution in [1.29, 1.82) is 0 Å². The van der Waals surface area contributed by atoms with Gasteiger partial charge in [-0.15, -0.1) is 0 Å². The second kappa shape index (κ2) is 8.20. The summed E-state index contributed by atoms with van der Waals surface area (Å²) < 4.78 is 16.4. The fourth-order valence-corrected chi connectivity index (χ4v) is 4.52. The van der Waals surface area contributed by atoms with Crippen molar-refractivity contribution in [3.05, 3.63) is 63.7 Å². The molecule has 1 aliphatic rings. The van der Waals surface area contributed by atoms with E-state index in [0.29, 0.717) is 50.0 Å². The first-order valence-corrected chi connectivity index (χ1v) is 11.0. The van der Waals surface area contributed by atoms with Crippen LogP contribution in [0.25, 0.3) is 22.3 Å². The molecule has 0 bridgehead atoms. The number of hydrogen-bond acceptors (Lipinski definition) is 6. The Morgan fingerprint density at radius 3 is 2.70 bits per heavy atom. The molecule has 1 aliphatic heterocycles. The van der Waals surface area contributed by atoms with Crippen LogP contribution in [0.5, 0.6) is 0 Å². The minimum Gasteiger partial charge on any atom is -0.389 e. The number of aryl methyl sites for hydroxylation is 2. The molecule has 1 aromatic carbocycles. The van der Waals surface area contributed by atoms with Crippen LogP contribution < -0.4 is 5.56 Å². The molecule has 4 heterocycles. The first kappa shape index (κ1) is 21.5. The van der Waals surface area contributed by atoms with E-state index in [9.17, 15) is 14.3 Å². The second-order valence-corrected chi connectivity index (χ2v) is 8.92. The number of aromatic amines is 2. The zero-order chi connectivity index (χ0) is 23.2. The van der Waals surface area contributed by atoms with Crippen LogP contribution >= 0.6 is 0 Å². The maximum absolute atomic E-state index is 14.8. The van der Waals surface area contributed by atoms with Gasteiger partial charge in [0, 0.05) is 49.9 Å². The molecule has 10 heteroatoms. The highest BCUT2D eigenvalue weighted by atomic mass is 19.1. The Bertz CT molecular complexity index is 1360. The highest BCUT2D eigenvalue weighted by molar-refractivity contribution is 5.75. The molecule has 0 aliphatic carbocycles. The minimum absolute atomic E-state index is 0.258. The Labute approximate surface area is 189 Å². The van der Waals surface area contributed by atoms with Gasteiger partial charge in [0.25, 0.3) is 5.56 Å². The molecule has 9 nitrogen and oxygen atoms in total. The average Bonchev–Trinajstić information content (AvgIpc) is 3.36. The molecule has 0 atom stereocenters. The smallest absolute Gasteiger partial charge is 0.279 e. The quantitative estimate of drug-likeness (QED) is 0.428. The SMILES string of the molecule is Cc1cc(-c2ccc(CN3CCC(O)(Cc4c5nc[nH]c(=O)c5nn4C)CC3)c(F)c2)n[nH]1. The maximum atomic E-state index is 14.8. The molecular formula is C23H26FN7O2. The molecule has 0 radical (unpaired) electrons. The summed E-state index contributed by atoms with van der Waals surface area (Å²) in [6.07, 6.45) is 2.79. The van der Waals surface area contributed by atoms with Crippen molar-refractivity contribution in [3.8, 4) is 11.3 Å². The van der Waals surface area contributed by atoms with Gasteiger partial charge >= 0.3 is 0 Å². The maximum Gasteiger partial charge on any atom is 0.279 e. The normalized spacial score (nSPS) is 16.5. The molecule has 0 saturated carbocycles. The van der Waals surface area contributed by atoms with Crippen LogP contribution in [0, 0.1) is 12.7 Å². The van der Waals surface area contributed by atoms with Crippen LogP contribution in [0.1, 0.15) is 29.8 Å². The predicted octanol–water partition coefficient (Wildman–Crippen LogP) is 2.06. The van der Waals surface area contributed by atoms with Gasteiger partial charge in [0.15, 0.2) is 5.52 Å². The van der Waals surface area contributed by atoms with E-state index in [1.807, 2.05) is 19.1 Å². The molecule has 4 aromatic rings. The van der Waals surface area contributed by atoms with Crippen molar-refractivity contribution in [3.63, 3.8) is 0 Å². The standard InChI is InChI=1S/C23H26FN7O2/c1-14-9-18(28-27-14)15-3-4-16(17(24)10-15)12-31-7-5-23(33,6-8-31)11-19-20-21(29-30(19)2)22(32)26-13-25-20/h3-4,9-10,13,33H,5-8,11-12H2,1-2H3,(H,27,28)(H,25,26,32). The monoisotopic (exact) mass is 451 g/mol. The average molecular weight is 452 g/mol. The third-order valence-electron chi connectivity index (χ3n) is 6.47. The lowest BCUT2D eigenvalue weighted by atomic mass is 9.86. The van der Waals surface area contributed by atoms with Crippen LogP contribution in [0.3, 0.4) is 0 Å². The van der Waals surface area contributed by atoms with E-state index in [1.165, 1.54) is 12.4 Å². The van der Waals surface area contributed by atoms with Crippen molar-refractivity contribution in [2.75, 3.05) is 13.1 Å². The number of aromatic nitrogens is 6. The Hall–Kier alpha value is -3.37. The number of rotatable bonds is 5. The molecule has 5 rings (SSSR count). The molecule has 0 amide bonds. The van der Waals surface area contributed by atoms with Gasteiger partial charge in [-0.2, -0.15) is 10.2 Å². The number of hydrogen-bond donors (Lipinski definition) is 3. The van der Waals surface area contributed by atoms with Crippen molar-refractivity contribution >= 4 is 11.0 Å². The summed E-state index contributed by atoms with van der Waals surface area (Å²) >= 11 is 0. The number of halogens is 1. The zero-order valence-corrected chi connectivity index (χ0v) is 18.6. The summed E-state index contributed by atoms with van der Waals surface area (Å²) in [5.41, 5.74) is 3.33. The number of aliphatic hydroxyl groups is 1. The Morgan fingerprint density at radius 2 is 2.00 bits per heavy atom. The van der Waals surface area contributed by atoms with Gasteiger partial charge < -0.3 is 10.1 Å². The Morgan fingerprint density at radius 1 is 1.21 bits per heavy atom. The highest BCUT2D eigenvalue weighted by Gasteiger charge is 2.34. The lowest BCUT2D eigenvalue weighted by molar-refractivity contribution is -0.0236. The van der Waals surface area contributed by atoms with Crippen LogP contribution in [-0.4, -0.2) is 58.6 Å². The summed E-state index contributed by atoms with van der Waals surface area (Å²) in [4.78, 5) is 20.9. The third kappa shape index (κ3) is 4.19. The van der Waals surface area contributed by atoms with Crippen molar-refractivity contribution in [2.24, 2.45) is 7.05 Å². The molecule has 172 valence electrons. The molecule has 0 unspecified atom stereocenters. The molecule has 33 heavy (non-hydrogen) atoms. The summed E-state index contributed by atoms with van der Waals surface area (Å²) in [6, 6.07) is 7.10. The molecule has 0 spiro atoms. The molecule has 3 N–H and O–H groups in total. The van der Waals surface area contributed by atoms with E-state index in [1.54, 1.807) is 17.8 Å². The van der Waals surface area contributed by atoms with Gasteiger partial charge in [-0.3, -0.25) is 19.5 Å². The first-order valence-electron chi connectivity index (χ1n) is 11.0. The number of piperidine rings is 1. The van der Waals surface area contributed by atoms with Crippen LogP contribution in [-0.2, 0) is 20.0 Å². The van der Waals surface area contributed by atoms with Gasteiger partial charge in [-0.05, 0) is 31.9 Å². The topological polar surface area (TPSA) is 116 Å².